The molecular weight excluding hydrogens is 232 g/mol. The van der Waals surface area contributed by atoms with Crippen LogP contribution in [0.3, 0.4) is 0 Å². The minimum atomic E-state index is -0.874. The maximum absolute atomic E-state index is 9.03. The van der Waals surface area contributed by atoms with Gasteiger partial charge in [0.05, 0.1) is 0 Å². The molecule has 1 atom stereocenters. The molecule has 0 spiro atoms. The van der Waals surface area contributed by atoms with Gasteiger partial charge in [0.1, 0.15) is 6.10 Å². The van der Waals surface area contributed by atoms with Crippen LogP contribution < -0.4 is 0 Å². The van der Waals surface area contributed by atoms with Gasteiger partial charge in [-0.1, -0.05) is 30.3 Å². The van der Waals surface area contributed by atoms with Gasteiger partial charge in [-0.15, -0.1) is 0 Å². The second kappa shape index (κ2) is 5.17. The van der Waals surface area contributed by atoms with E-state index >= 15 is 0 Å². The van der Waals surface area contributed by atoms with Gasteiger partial charge in [-0.3, -0.25) is 0 Å². The van der Waals surface area contributed by atoms with Crippen LogP contribution in [-0.4, -0.2) is 5.11 Å². The third kappa shape index (κ3) is 2.92. The molecule has 1 aromatic rings. The van der Waals surface area contributed by atoms with Gasteiger partial charge in [-0.25, -0.2) is 0 Å². The van der Waals surface area contributed by atoms with Crippen LogP contribution in [0.15, 0.2) is 30.3 Å². The van der Waals surface area contributed by atoms with Crippen molar-refractivity contribution in [3.8, 4) is 5.92 Å². The third-order valence-electron chi connectivity index (χ3n) is 1.25. The predicted octanol–water partition coefficient (Wildman–Crippen LogP) is 1.31. The average molecular weight is 239 g/mol. The van der Waals surface area contributed by atoms with Gasteiger partial charge < -0.3 is 17.5 Å². The summed E-state index contributed by atoms with van der Waals surface area (Å²) in [6.07, 6.45) is 5.77. The van der Waals surface area contributed by atoms with Gasteiger partial charge in [0, 0.05) is 0 Å². The van der Waals surface area contributed by atoms with Crippen molar-refractivity contribution in [1.29, 1.82) is 0 Å². The minimum Gasteiger partial charge on any atom is -0.691 e. The Hall–Kier alpha value is -0.520. The van der Waals surface area contributed by atoms with Crippen LogP contribution in [0.5, 0.6) is 0 Å². The molecule has 1 unspecified atom stereocenters. The van der Waals surface area contributed by atoms with E-state index in [0.717, 1.165) is 0 Å². The van der Waals surface area contributed by atoms with E-state index in [1.54, 1.807) is 12.1 Å². The number of benzene rings is 1. The molecule has 1 rings (SSSR count). The van der Waals surface area contributed by atoms with Gasteiger partial charge in [-0.2, -0.15) is 0 Å². The number of hydrogen-bond donors (Lipinski definition) is 1. The van der Waals surface area contributed by atoms with Gasteiger partial charge >= 0.3 is 22.4 Å². The SMILES string of the molecule is [Ag+].[C-]#CC(O)c1ccccc1. The molecule has 0 saturated heterocycles. The van der Waals surface area contributed by atoms with E-state index in [2.05, 4.69) is 0 Å². The minimum absolute atomic E-state index is 0. The van der Waals surface area contributed by atoms with Crippen molar-refractivity contribution in [2.75, 3.05) is 0 Å². The standard InChI is InChI=1S/C9H7O.Ag/c1-2-9(10)8-6-4-3-5-7-8;/h3-7,9-10H;/q-1;+1. The second-order valence-electron chi connectivity index (χ2n) is 1.96. The molecule has 0 aliphatic rings. The Balaban J connectivity index is 0.000001000. The molecule has 0 aliphatic carbocycles. The summed E-state index contributed by atoms with van der Waals surface area (Å²) in [5.41, 5.74) is 0.706. The fourth-order valence-corrected chi connectivity index (χ4v) is 0.719. The molecule has 0 radical (unpaired) electrons. The van der Waals surface area contributed by atoms with Crippen LogP contribution in [0.25, 0.3) is 0 Å². The maximum atomic E-state index is 9.03. The van der Waals surface area contributed by atoms with Crippen molar-refractivity contribution < 1.29 is 27.5 Å². The van der Waals surface area contributed by atoms with Crippen molar-refractivity contribution in [2.24, 2.45) is 0 Å². The first-order valence-corrected chi connectivity index (χ1v) is 3.00. The van der Waals surface area contributed by atoms with E-state index in [-0.39, 0.29) is 22.4 Å². The van der Waals surface area contributed by atoms with Gasteiger partial charge in [0.15, 0.2) is 0 Å². The third-order valence-corrected chi connectivity index (χ3v) is 1.25. The average Bonchev–Trinajstić information content (AvgIpc) is 2.05. The van der Waals surface area contributed by atoms with Crippen molar-refractivity contribution >= 4 is 0 Å². The summed E-state index contributed by atoms with van der Waals surface area (Å²) in [5.74, 6) is 1.99. The van der Waals surface area contributed by atoms with Crippen LogP contribution in [0.2, 0.25) is 0 Å². The molecule has 2 heteroatoms. The molecule has 0 heterocycles. The Bertz CT molecular complexity index is 237. The van der Waals surface area contributed by atoms with E-state index in [1.807, 2.05) is 24.1 Å². The van der Waals surface area contributed by atoms with Crippen molar-refractivity contribution in [3.05, 3.63) is 42.3 Å². The molecule has 0 aliphatic heterocycles. The van der Waals surface area contributed by atoms with Gasteiger partial charge in [-0.05, 0) is 5.56 Å². The van der Waals surface area contributed by atoms with Crippen LogP contribution in [0, 0.1) is 12.3 Å². The first kappa shape index (κ1) is 10.5. The largest absolute Gasteiger partial charge is 1.00 e. The van der Waals surface area contributed by atoms with E-state index in [1.165, 1.54) is 0 Å². The molecule has 0 bridgehead atoms. The van der Waals surface area contributed by atoms with E-state index in [0.29, 0.717) is 5.56 Å². The zero-order valence-corrected chi connectivity index (χ0v) is 7.20. The maximum Gasteiger partial charge on any atom is 1.00 e. The van der Waals surface area contributed by atoms with E-state index < -0.39 is 6.10 Å². The topological polar surface area (TPSA) is 20.2 Å². The predicted molar refractivity (Wildman–Crippen MR) is 38.5 cm³/mol. The second-order valence-corrected chi connectivity index (χ2v) is 1.96. The monoisotopic (exact) mass is 238 g/mol. The Labute approximate surface area is 82.0 Å². The van der Waals surface area contributed by atoms with Gasteiger partial charge in [0.25, 0.3) is 0 Å². The molecule has 1 aromatic carbocycles. The summed E-state index contributed by atoms with van der Waals surface area (Å²) < 4.78 is 0. The Kier molecular flexibility index (Phi) is 4.93. The molecule has 1 nitrogen and oxygen atoms in total. The summed E-state index contributed by atoms with van der Waals surface area (Å²) in [5, 5.41) is 9.03. The molecule has 0 saturated carbocycles. The Morgan fingerprint density at radius 2 is 1.82 bits per heavy atom. The molecule has 0 fully saturated rings. The number of rotatable bonds is 1. The zero-order chi connectivity index (χ0) is 7.40. The first-order chi connectivity index (χ1) is 4.84. The summed E-state index contributed by atoms with van der Waals surface area (Å²) in [4.78, 5) is 0. The molecule has 1 N–H and O–H groups in total. The molecule has 60 valence electrons. The Morgan fingerprint density at radius 3 is 2.27 bits per heavy atom. The van der Waals surface area contributed by atoms with Crippen LogP contribution in [-0.2, 0) is 22.4 Å². The molecular formula is C9H7AgO. The van der Waals surface area contributed by atoms with Crippen LogP contribution >= 0.6 is 0 Å². The van der Waals surface area contributed by atoms with Crippen LogP contribution in [0.1, 0.15) is 11.7 Å². The van der Waals surface area contributed by atoms with Crippen molar-refractivity contribution in [1.82, 2.24) is 0 Å². The van der Waals surface area contributed by atoms with E-state index in [4.69, 9.17) is 11.5 Å². The smallest absolute Gasteiger partial charge is 0.691 e. The van der Waals surface area contributed by atoms with E-state index in [9.17, 15) is 0 Å². The normalized spacial score (nSPS) is 10.9. The van der Waals surface area contributed by atoms with Crippen molar-refractivity contribution in [3.63, 3.8) is 0 Å². The zero-order valence-electron chi connectivity index (χ0n) is 5.71. The Morgan fingerprint density at radius 1 is 1.27 bits per heavy atom. The summed E-state index contributed by atoms with van der Waals surface area (Å²) >= 11 is 0. The first-order valence-electron chi connectivity index (χ1n) is 3.00. The fraction of sp³-hybridized carbons (Fsp3) is 0.111. The number of aliphatic hydroxyl groups is 1. The molecule has 0 amide bonds. The quantitative estimate of drug-likeness (QED) is 0.445. The van der Waals surface area contributed by atoms with Crippen LogP contribution in [0.4, 0.5) is 0 Å². The number of aliphatic hydroxyl groups excluding tert-OH is 1. The van der Waals surface area contributed by atoms with Crippen molar-refractivity contribution in [2.45, 2.75) is 6.10 Å². The summed E-state index contributed by atoms with van der Waals surface area (Å²) in [6.45, 7) is 0. The summed E-state index contributed by atoms with van der Waals surface area (Å²) in [6, 6.07) is 9.00. The summed E-state index contributed by atoms with van der Waals surface area (Å²) in [7, 11) is 0. The molecule has 0 aromatic heterocycles. The van der Waals surface area contributed by atoms with Gasteiger partial charge in [0.2, 0.25) is 0 Å². The molecule has 11 heavy (non-hydrogen) atoms. The number of hydrogen-bond acceptors (Lipinski definition) is 1. The fourth-order valence-electron chi connectivity index (χ4n) is 0.719.